The number of rotatable bonds is 7. The number of benzene rings is 1. The summed E-state index contributed by atoms with van der Waals surface area (Å²) in [6, 6.07) is 10.00. The van der Waals surface area contributed by atoms with E-state index >= 15 is 0 Å². The second kappa shape index (κ2) is 7.52. The average molecular weight is 216 g/mol. The van der Waals surface area contributed by atoms with Gasteiger partial charge in [0.25, 0.3) is 0 Å². The van der Waals surface area contributed by atoms with Gasteiger partial charge in [0.1, 0.15) is 12.4 Å². The second-order valence-electron chi connectivity index (χ2n) is 3.23. The maximum absolute atomic E-state index is 5.51. The van der Waals surface area contributed by atoms with Crippen LogP contribution in [-0.4, -0.2) is 12.7 Å². The van der Waals surface area contributed by atoms with E-state index in [2.05, 4.69) is 18.9 Å². The molecule has 0 spiro atoms. The van der Waals surface area contributed by atoms with Crippen LogP contribution in [0, 0.1) is 0 Å². The third kappa shape index (κ3) is 4.65. The van der Waals surface area contributed by atoms with Crippen LogP contribution in [0.25, 0.3) is 0 Å². The highest BCUT2D eigenvalue weighted by molar-refractivity contribution is 5.13. The van der Waals surface area contributed by atoms with Crippen LogP contribution in [0.1, 0.15) is 5.56 Å². The van der Waals surface area contributed by atoms with Crippen molar-refractivity contribution in [3.63, 3.8) is 0 Å². The number of hydrogen-bond acceptors (Lipinski definition) is 2. The first-order valence-electron chi connectivity index (χ1n) is 5.11. The summed E-state index contributed by atoms with van der Waals surface area (Å²) in [6.45, 7) is 8.13. The van der Waals surface area contributed by atoms with Crippen molar-refractivity contribution in [3.05, 3.63) is 67.1 Å². The Balaban J connectivity index is 2.28. The van der Waals surface area contributed by atoms with Gasteiger partial charge in [-0.15, -0.1) is 0 Å². The molecule has 1 atom stereocenters. The molecular formula is C14H16O2. The van der Waals surface area contributed by atoms with Crippen LogP contribution in [0.15, 0.2) is 61.6 Å². The largest absolute Gasteiger partial charge is 0.483 e. The first kappa shape index (κ1) is 12.3. The van der Waals surface area contributed by atoms with Crippen LogP contribution in [0.3, 0.4) is 0 Å². The Hall–Kier alpha value is -1.76. The van der Waals surface area contributed by atoms with Gasteiger partial charge in [-0.3, -0.25) is 0 Å². The molecule has 1 aromatic rings. The molecule has 2 heteroatoms. The third-order valence-corrected chi connectivity index (χ3v) is 1.98. The Morgan fingerprint density at radius 1 is 1.31 bits per heavy atom. The highest BCUT2D eigenvalue weighted by Crippen LogP contribution is 2.02. The van der Waals surface area contributed by atoms with Crippen molar-refractivity contribution in [2.75, 3.05) is 6.61 Å². The summed E-state index contributed by atoms with van der Waals surface area (Å²) in [5, 5.41) is 0. The Morgan fingerprint density at radius 3 is 2.69 bits per heavy atom. The summed E-state index contributed by atoms with van der Waals surface area (Å²) in [7, 11) is 0. The van der Waals surface area contributed by atoms with Gasteiger partial charge in [0, 0.05) is 0 Å². The molecule has 84 valence electrons. The van der Waals surface area contributed by atoms with E-state index in [0.717, 1.165) is 5.56 Å². The molecule has 0 bridgehead atoms. The molecule has 0 amide bonds. The number of hydrogen-bond donors (Lipinski definition) is 0. The van der Waals surface area contributed by atoms with Crippen molar-refractivity contribution >= 4 is 0 Å². The molecule has 0 aliphatic rings. The lowest BCUT2D eigenvalue weighted by Gasteiger charge is -2.11. The topological polar surface area (TPSA) is 18.5 Å². The predicted octanol–water partition coefficient (Wildman–Crippen LogP) is 3.07. The minimum absolute atomic E-state index is 0.155. The summed E-state index contributed by atoms with van der Waals surface area (Å²) in [5.41, 5.74) is 3.68. The van der Waals surface area contributed by atoms with Crippen molar-refractivity contribution in [1.29, 1.82) is 0 Å². The fraction of sp³-hybridized carbons (Fsp3) is 0.214. The molecule has 0 unspecified atom stereocenters. The molecule has 16 heavy (non-hydrogen) atoms. The molecule has 0 fully saturated rings. The van der Waals surface area contributed by atoms with Crippen LogP contribution < -0.4 is 0 Å². The highest BCUT2D eigenvalue weighted by Gasteiger charge is 2.02. The zero-order chi connectivity index (χ0) is 11.6. The van der Waals surface area contributed by atoms with Gasteiger partial charge in [-0.25, -0.2) is 0 Å². The fourth-order valence-corrected chi connectivity index (χ4v) is 1.17. The Labute approximate surface area is 96.5 Å². The minimum atomic E-state index is -0.155. The first-order valence-corrected chi connectivity index (χ1v) is 5.11. The van der Waals surface area contributed by atoms with Crippen molar-refractivity contribution < 1.29 is 9.47 Å². The van der Waals surface area contributed by atoms with Crippen molar-refractivity contribution in [1.82, 2.24) is 0 Å². The van der Waals surface area contributed by atoms with E-state index in [1.54, 1.807) is 6.08 Å². The van der Waals surface area contributed by atoms with E-state index < -0.39 is 0 Å². The molecule has 0 N–H and O–H groups in total. The molecule has 0 aliphatic carbocycles. The van der Waals surface area contributed by atoms with Crippen molar-refractivity contribution in [3.8, 4) is 0 Å². The second-order valence-corrected chi connectivity index (χ2v) is 3.23. The molecule has 0 saturated heterocycles. The molecular weight excluding hydrogens is 200 g/mol. The zero-order valence-corrected chi connectivity index (χ0v) is 9.26. The highest BCUT2D eigenvalue weighted by atomic mass is 16.5. The lowest BCUT2D eigenvalue weighted by Crippen LogP contribution is -2.14. The average Bonchev–Trinajstić information content (AvgIpc) is 2.35. The summed E-state index contributed by atoms with van der Waals surface area (Å²) < 4.78 is 10.7. The lowest BCUT2D eigenvalue weighted by molar-refractivity contribution is 0.0423. The maximum atomic E-state index is 5.51. The van der Waals surface area contributed by atoms with Gasteiger partial charge in [0.15, 0.2) is 0 Å². The van der Waals surface area contributed by atoms with Crippen molar-refractivity contribution in [2.45, 2.75) is 12.7 Å². The molecule has 0 aromatic heterocycles. The molecule has 0 heterocycles. The Kier molecular flexibility index (Phi) is 5.79. The lowest BCUT2D eigenvalue weighted by atomic mass is 10.2. The van der Waals surface area contributed by atoms with Crippen LogP contribution in [0.5, 0.6) is 0 Å². The van der Waals surface area contributed by atoms with Crippen LogP contribution in [0.2, 0.25) is 0 Å². The van der Waals surface area contributed by atoms with Gasteiger partial charge in [-0.05, 0) is 11.6 Å². The number of ether oxygens (including phenoxy) is 2. The Morgan fingerprint density at radius 2 is 2.06 bits per heavy atom. The molecule has 0 aliphatic heterocycles. The monoisotopic (exact) mass is 216 g/mol. The molecule has 0 saturated carbocycles. The molecule has 2 nitrogen and oxygen atoms in total. The van der Waals surface area contributed by atoms with Gasteiger partial charge in [-0.2, -0.15) is 0 Å². The smallest absolute Gasteiger partial charge is 0.140 e. The SMILES string of the molecule is C=C=CO[C@H](C=C)COCc1ccccc1. The third-order valence-electron chi connectivity index (χ3n) is 1.98. The predicted molar refractivity (Wildman–Crippen MR) is 64.9 cm³/mol. The summed E-state index contributed by atoms with van der Waals surface area (Å²) in [5.74, 6) is 0. The van der Waals surface area contributed by atoms with Crippen LogP contribution in [-0.2, 0) is 16.1 Å². The fourth-order valence-electron chi connectivity index (χ4n) is 1.17. The Bertz CT molecular complexity index is 350. The van der Waals surface area contributed by atoms with E-state index in [1.807, 2.05) is 30.3 Å². The molecule has 0 radical (unpaired) electrons. The summed E-state index contributed by atoms with van der Waals surface area (Å²) >= 11 is 0. The zero-order valence-electron chi connectivity index (χ0n) is 9.26. The summed E-state index contributed by atoms with van der Waals surface area (Å²) in [4.78, 5) is 0. The maximum Gasteiger partial charge on any atom is 0.140 e. The van der Waals surface area contributed by atoms with Gasteiger partial charge in [0.05, 0.1) is 13.2 Å². The van der Waals surface area contributed by atoms with Crippen LogP contribution >= 0.6 is 0 Å². The van der Waals surface area contributed by atoms with E-state index in [9.17, 15) is 0 Å². The van der Waals surface area contributed by atoms with Gasteiger partial charge in [-0.1, -0.05) is 49.2 Å². The van der Waals surface area contributed by atoms with Crippen LogP contribution in [0.4, 0.5) is 0 Å². The molecule has 1 rings (SSSR count). The van der Waals surface area contributed by atoms with Gasteiger partial charge < -0.3 is 9.47 Å². The van der Waals surface area contributed by atoms with E-state index in [4.69, 9.17) is 9.47 Å². The van der Waals surface area contributed by atoms with Crippen molar-refractivity contribution in [2.24, 2.45) is 0 Å². The first-order chi connectivity index (χ1) is 7.86. The van der Waals surface area contributed by atoms with E-state index in [-0.39, 0.29) is 6.10 Å². The van der Waals surface area contributed by atoms with Gasteiger partial charge in [0.2, 0.25) is 0 Å². The van der Waals surface area contributed by atoms with Gasteiger partial charge >= 0.3 is 0 Å². The summed E-state index contributed by atoms with van der Waals surface area (Å²) in [6.07, 6.45) is 2.95. The van der Waals surface area contributed by atoms with E-state index in [0.29, 0.717) is 13.2 Å². The minimum Gasteiger partial charge on any atom is -0.483 e. The van der Waals surface area contributed by atoms with E-state index in [1.165, 1.54) is 6.26 Å². The normalized spacial score (nSPS) is 11.2. The molecule has 1 aromatic carbocycles. The standard InChI is InChI=1S/C14H16O2/c1-3-10-16-14(4-2)12-15-11-13-8-6-5-7-9-13/h4-10,14H,1-2,11-12H2/t14-/m1/s1. The quantitative estimate of drug-likeness (QED) is 0.396.